The molecule has 1 aromatic rings. The predicted octanol–water partition coefficient (Wildman–Crippen LogP) is -0.914. The highest BCUT2D eigenvalue weighted by atomic mass is 16.5. The molecule has 20 heavy (non-hydrogen) atoms. The molecule has 0 aliphatic carbocycles. The van der Waals surface area contributed by atoms with E-state index < -0.39 is 29.4 Å². The van der Waals surface area contributed by atoms with Crippen LogP contribution in [0.1, 0.15) is 18.9 Å². The summed E-state index contributed by atoms with van der Waals surface area (Å²) >= 11 is 0. The molecule has 1 heterocycles. The van der Waals surface area contributed by atoms with E-state index in [4.69, 9.17) is 9.84 Å². The van der Waals surface area contributed by atoms with Crippen LogP contribution in [0.2, 0.25) is 0 Å². The summed E-state index contributed by atoms with van der Waals surface area (Å²) in [7, 11) is 0. The summed E-state index contributed by atoms with van der Waals surface area (Å²) < 4.78 is 6.19. The molecule has 0 saturated carbocycles. The van der Waals surface area contributed by atoms with Crippen LogP contribution < -0.4 is 11.2 Å². The third-order valence-electron chi connectivity index (χ3n) is 2.73. The van der Waals surface area contributed by atoms with Crippen LogP contribution >= 0.6 is 0 Å². The van der Waals surface area contributed by atoms with Gasteiger partial charge < -0.3 is 14.9 Å². The summed E-state index contributed by atoms with van der Waals surface area (Å²) in [5, 5.41) is 18.5. The van der Waals surface area contributed by atoms with E-state index in [-0.39, 0.29) is 19.6 Å². The molecular weight excluding hydrogens is 268 g/mol. The monoisotopic (exact) mass is 286 g/mol. The van der Waals surface area contributed by atoms with Crippen molar-refractivity contribution in [3.63, 3.8) is 0 Å². The maximum absolute atomic E-state index is 11.5. The molecule has 0 aliphatic rings. The molecule has 112 valence electrons. The van der Waals surface area contributed by atoms with E-state index in [0.29, 0.717) is 5.56 Å². The molecule has 8 heteroatoms. The van der Waals surface area contributed by atoms with Crippen LogP contribution in [0.25, 0.3) is 0 Å². The summed E-state index contributed by atoms with van der Waals surface area (Å²) in [5.74, 6) is -1.10. The number of aliphatic hydroxyl groups excluding tert-OH is 1. The summed E-state index contributed by atoms with van der Waals surface area (Å²) in [4.78, 5) is 35.5. The van der Waals surface area contributed by atoms with Crippen LogP contribution in [0.3, 0.4) is 0 Å². The average molecular weight is 286 g/mol. The van der Waals surface area contributed by atoms with Crippen molar-refractivity contribution >= 4 is 5.97 Å². The number of H-pyrrole nitrogens is 1. The highest BCUT2D eigenvalue weighted by Crippen LogP contribution is 2.00. The van der Waals surface area contributed by atoms with Gasteiger partial charge in [0.15, 0.2) is 6.10 Å². The Morgan fingerprint density at radius 3 is 2.70 bits per heavy atom. The van der Waals surface area contributed by atoms with Crippen molar-refractivity contribution < 1.29 is 19.7 Å². The number of ether oxygens (including phenoxy) is 1. The van der Waals surface area contributed by atoms with E-state index >= 15 is 0 Å². The normalized spacial score (nSPS) is 13.9. The number of carboxylic acids is 1. The number of nitrogens with one attached hydrogen (secondary N) is 1. The van der Waals surface area contributed by atoms with Crippen molar-refractivity contribution in [3.05, 3.63) is 32.6 Å². The molecule has 1 rings (SSSR count). The molecule has 2 unspecified atom stereocenters. The molecule has 2 atom stereocenters. The lowest BCUT2D eigenvalue weighted by molar-refractivity contribution is -0.152. The molecule has 3 N–H and O–H groups in total. The molecule has 0 saturated heterocycles. The molecule has 0 fully saturated rings. The Bertz CT molecular complexity index is 576. The van der Waals surface area contributed by atoms with Crippen molar-refractivity contribution in [2.24, 2.45) is 0 Å². The van der Waals surface area contributed by atoms with Crippen molar-refractivity contribution in [2.45, 2.75) is 39.0 Å². The van der Waals surface area contributed by atoms with Gasteiger partial charge in [-0.15, -0.1) is 0 Å². The van der Waals surface area contributed by atoms with Gasteiger partial charge in [0.25, 0.3) is 5.56 Å². The molecule has 0 radical (unpaired) electrons. The van der Waals surface area contributed by atoms with E-state index in [2.05, 4.69) is 4.98 Å². The Morgan fingerprint density at radius 1 is 1.50 bits per heavy atom. The van der Waals surface area contributed by atoms with E-state index in [1.807, 2.05) is 0 Å². The van der Waals surface area contributed by atoms with Crippen LogP contribution in [-0.2, 0) is 16.1 Å². The van der Waals surface area contributed by atoms with Crippen LogP contribution in [0.4, 0.5) is 0 Å². The van der Waals surface area contributed by atoms with Gasteiger partial charge in [0.05, 0.1) is 19.3 Å². The summed E-state index contributed by atoms with van der Waals surface area (Å²) in [6.45, 7) is 2.89. The standard InChI is InChI=1S/C12H18N2O6/c1-3-9(11(17)18)20-6-8(15)5-14-4-7(2)10(16)13-12(14)19/h4,8-9,15H,3,5-6H2,1-2H3,(H,17,18)(H,13,16,19). The highest BCUT2D eigenvalue weighted by Gasteiger charge is 2.17. The first-order valence-electron chi connectivity index (χ1n) is 6.18. The van der Waals surface area contributed by atoms with Gasteiger partial charge in [-0.3, -0.25) is 14.3 Å². The number of carboxylic acid groups (broad SMARTS) is 1. The van der Waals surface area contributed by atoms with Gasteiger partial charge >= 0.3 is 11.7 Å². The van der Waals surface area contributed by atoms with E-state index in [0.717, 1.165) is 4.57 Å². The number of hydrogen-bond donors (Lipinski definition) is 3. The van der Waals surface area contributed by atoms with E-state index in [1.54, 1.807) is 6.92 Å². The number of aliphatic carboxylic acids is 1. The van der Waals surface area contributed by atoms with Gasteiger partial charge in [0.1, 0.15) is 0 Å². The summed E-state index contributed by atoms with van der Waals surface area (Å²) in [5.41, 5.74) is -0.770. The Kier molecular flexibility index (Phi) is 5.66. The van der Waals surface area contributed by atoms with Crippen LogP contribution in [0, 0.1) is 6.92 Å². The zero-order valence-corrected chi connectivity index (χ0v) is 11.3. The number of carbonyl (C=O) groups is 1. The van der Waals surface area contributed by atoms with Crippen molar-refractivity contribution in [1.29, 1.82) is 0 Å². The Balaban J connectivity index is 2.65. The van der Waals surface area contributed by atoms with E-state index in [9.17, 15) is 19.5 Å². The minimum atomic E-state index is -1.10. The van der Waals surface area contributed by atoms with Crippen LogP contribution in [-0.4, -0.2) is 44.5 Å². The molecule has 0 bridgehead atoms. The molecule has 0 aromatic carbocycles. The fourth-order valence-corrected chi connectivity index (χ4v) is 1.62. The summed E-state index contributed by atoms with van der Waals surface area (Å²) in [6, 6.07) is 0. The minimum Gasteiger partial charge on any atom is -0.479 e. The number of aromatic nitrogens is 2. The smallest absolute Gasteiger partial charge is 0.332 e. The lowest BCUT2D eigenvalue weighted by Gasteiger charge is -2.16. The molecule has 1 aromatic heterocycles. The van der Waals surface area contributed by atoms with E-state index in [1.165, 1.54) is 13.1 Å². The van der Waals surface area contributed by atoms with Crippen molar-refractivity contribution in [3.8, 4) is 0 Å². The topological polar surface area (TPSA) is 122 Å². The second kappa shape index (κ2) is 7.01. The lowest BCUT2D eigenvalue weighted by atomic mass is 10.3. The Morgan fingerprint density at radius 2 is 2.15 bits per heavy atom. The molecule has 0 spiro atoms. The minimum absolute atomic E-state index is 0.0908. The Labute approximate surface area is 114 Å². The number of rotatable bonds is 7. The summed E-state index contributed by atoms with van der Waals surface area (Å²) in [6.07, 6.45) is -0.427. The fourth-order valence-electron chi connectivity index (χ4n) is 1.62. The quantitative estimate of drug-likeness (QED) is 0.596. The lowest BCUT2D eigenvalue weighted by Crippen LogP contribution is -2.36. The van der Waals surface area contributed by atoms with Gasteiger partial charge in [-0.2, -0.15) is 0 Å². The number of aromatic amines is 1. The number of aliphatic hydroxyl groups is 1. The third-order valence-corrected chi connectivity index (χ3v) is 2.73. The van der Waals surface area contributed by atoms with Gasteiger partial charge in [-0.25, -0.2) is 9.59 Å². The maximum Gasteiger partial charge on any atom is 0.332 e. The SMILES string of the molecule is CCC(OCC(O)Cn1cc(C)c(=O)[nH]c1=O)C(=O)O. The highest BCUT2D eigenvalue weighted by molar-refractivity contribution is 5.72. The van der Waals surface area contributed by atoms with Gasteiger partial charge in [-0.1, -0.05) is 6.92 Å². The second-order valence-electron chi connectivity index (χ2n) is 4.45. The molecule has 8 nitrogen and oxygen atoms in total. The average Bonchev–Trinajstić information content (AvgIpc) is 2.36. The van der Waals surface area contributed by atoms with Gasteiger partial charge in [-0.05, 0) is 13.3 Å². The van der Waals surface area contributed by atoms with Crippen LogP contribution in [0.5, 0.6) is 0 Å². The first-order chi connectivity index (χ1) is 9.35. The zero-order chi connectivity index (χ0) is 15.3. The predicted molar refractivity (Wildman–Crippen MR) is 69.7 cm³/mol. The number of nitrogens with zero attached hydrogens (tertiary/aromatic N) is 1. The van der Waals surface area contributed by atoms with Crippen LogP contribution in [0.15, 0.2) is 15.8 Å². The Hall–Kier alpha value is -1.93. The molecular formula is C12H18N2O6. The first-order valence-corrected chi connectivity index (χ1v) is 6.18. The van der Waals surface area contributed by atoms with Gasteiger partial charge in [0.2, 0.25) is 0 Å². The maximum atomic E-state index is 11.5. The molecule has 0 amide bonds. The zero-order valence-electron chi connectivity index (χ0n) is 11.3. The van der Waals surface area contributed by atoms with Crippen molar-refractivity contribution in [1.82, 2.24) is 9.55 Å². The second-order valence-corrected chi connectivity index (χ2v) is 4.45. The largest absolute Gasteiger partial charge is 0.479 e. The third kappa shape index (κ3) is 4.32. The molecule has 0 aliphatic heterocycles. The fraction of sp³-hybridized carbons (Fsp3) is 0.583. The number of aryl methyl sites for hydroxylation is 1. The first kappa shape index (κ1) is 16.1. The number of hydrogen-bond acceptors (Lipinski definition) is 5. The van der Waals surface area contributed by atoms with Gasteiger partial charge in [0, 0.05) is 11.8 Å². The van der Waals surface area contributed by atoms with Crippen molar-refractivity contribution in [2.75, 3.05) is 6.61 Å².